The molecule has 7 rings (SSSR count). The van der Waals surface area contributed by atoms with Gasteiger partial charge in [-0.2, -0.15) is 0 Å². The van der Waals surface area contributed by atoms with Crippen molar-refractivity contribution in [1.82, 2.24) is 5.12 Å². The maximum absolute atomic E-state index is 15.6. The van der Waals surface area contributed by atoms with E-state index in [1.54, 1.807) is 7.05 Å². The Morgan fingerprint density at radius 1 is 0.840 bits per heavy atom. The standard InChI is InChI=1S/C30H28FNS.C13H11N.C2H5N/c1-21-10-12-24(13-11-21)20-32(31)28(25-7-5-6-22(2)18-25)17-15-23-14-16-27-26-8-3-4-9-29(26)33-30(27)19-23;14-13(11-7-3-1-4-8-11)12-9-5-2-6-10-12;1-3-2/h3-10,12-14,16-19,21H,11,15,20H2,1-2H3;1-10,14H;1H2,2H3/b28-17-;;. The Bertz CT molecular complexity index is 2080. The van der Waals surface area contributed by atoms with Crippen molar-refractivity contribution in [2.24, 2.45) is 10.9 Å². The highest BCUT2D eigenvalue weighted by Gasteiger charge is 2.15. The monoisotopic (exact) mass is 677 g/mol. The zero-order valence-electron chi connectivity index (χ0n) is 29.0. The molecule has 3 nitrogen and oxygen atoms in total. The van der Waals surface area contributed by atoms with Gasteiger partial charge < -0.3 is 4.99 Å². The number of rotatable bonds is 8. The zero-order valence-corrected chi connectivity index (χ0v) is 29.8. The van der Waals surface area contributed by atoms with Gasteiger partial charge in [0, 0.05) is 32.8 Å². The molecule has 0 saturated heterocycles. The molecule has 0 aliphatic heterocycles. The molecule has 1 unspecified atom stereocenters. The molecule has 0 amide bonds. The van der Waals surface area contributed by atoms with E-state index in [1.807, 2.05) is 103 Å². The number of allylic oxidation sites excluding steroid dienone is 3. The number of aryl methyl sites for hydroxylation is 1. The molecule has 0 fully saturated rings. The number of nitrogens with zero attached hydrogens (tertiary/aromatic N) is 2. The van der Waals surface area contributed by atoms with Crippen molar-refractivity contribution in [3.8, 4) is 0 Å². The maximum Gasteiger partial charge on any atom is 0.0753 e. The predicted octanol–water partition coefficient (Wildman–Crippen LogP) is 12.1. The Morgan fingerprint density at radius 2 is 1.46 bits per heavy atom. The number of benzene rings is 5. The third kappa shape index (κ3) is 9.61. The van der Waals surface area contributed by atoms with Gasteiger partial charge in [-0.25, -0.2) is 5.12 Å². The molecule has 1 N–H and O–H groups in total. The lowest BCUT2D eigenvalue weighted by Gasteiger charge is -2.21. The number of halogens is 1. The van der Waals surface area contributed by atoms with Crippen LogP contribution in [0, 0.1) is 18.3 Å². The van der Waals surface area contributed by atoms with Crippen LogP contribution in [0.15, 0.2) is 162 Å². The molecule has 0 radical (unpaired) electrons. The van der Waals surface area contributed by atoms with Crippen LogP contribution in [-0.4, -0.2) is 31.1 Å². The van der Waals surface area contributed by atoms with Gasteiger partial charge in [-0.1, -0.05) is 150 Å². The average molecular weight is 678 g/mol. The molecule has 1 aromatic heterocycles. The molecule has 6 aromatic rings. The van der Waals surface area contributed by atoms with Crippen molar-refractivity contribution in [3.05, 3.63) is 185 Å². The van der Waals surface area contributed by atoms with Crippen LogP contribution < -0.4 is 0 Å². The minimum absolute atomic E-state index is 0.262. The first-order valence-electron chi connectivity index (χ1n) is 16.9. The molecule has 1 aliphatic carbocycles. The molecule has 1 aliphatic rings. The number of hydrogen-bond acceptors (Lipinski definition) is 4. The quantitative estimate of drug-likeness (QED) is 0.126. The topological polar surface area (TPSA) is 39.5 Å². The second kappa shape index (κ2) is 17.8. The fourth-order valence-corrected chi connectivity index (χ4v) is 6.95. The molecule has 50 heavy (non-hydrogen) atoms. The molecule has 252 valence electrons. The van der Waals surface area contributed by atoms with Crippen LogP contribution in [0.2, 0.25) is 0 Å². The van der Waals surface area contributed by atoms with Gasteiger partial charge in [0.25, 0.3) is 0 Å². The summed E-state index contributed by atoms with van der Waals surface area (Å²) in [5.74, 6) is 0.525. The molecule has 0 bridgehead atoms. The van der Waals surface area contributed by atoms with Gasteiger partial charge in [0.1, 0.15) is 0 Å². The van der Waals surface area contributed by atoms with Crippen LogP contribution in [0.1, 0.15) is 41.2 Å². The Labute approximate surface area is 299 Å². The van der Waals surface area contributed by atoms with E-state index < -0.39 is 0 Å². The first-order chi connectivity index (χ1) is 24.4. The molecular weight excluding hydrogens is 634 g/mol. The number of nitrogens with one attached hydrogen (secondary N) is 1. The zero-order chi connectivity index (χ0) is 35.3. The molecule has 0 spiro atoms. The summed E-state index contributed by atoms with van der Waals surface area (Å²) in [5, 5.41) is 11.5. The van der Waals surface area contributed by atoms with Gasteiger partial charge in [-0.05, 0) is 72.9 Å². The van der Waals surface area contributed by atoms with E-state index >= 15 is 4.48 Å². The van der Waals surface area contributed by atoms with Crippen molar-refractivity contribution >= 4 is 49.6 Å². The highest BCUT2D eigenvalue weighted by atomic mass is 32.1. The Morgan fingerprint density at radius 3 is 2.10 bits per heavy atom. The lowest BCUT2D eigenvalue weighted by molar-refractivity contribution is 0.120. The third-order valence-electron chi connectivity index (χ3n) is 8.39. The Hall–Kier alpha value is -5.39. The van der Waals surface area contributed by atoms with Crippen molar-refractivity contribution in [2.45, 2.75) is 26.7 Å². The van der Waals surface area contributed by atoms with Crippen LogP contribution in [0.25, 0.3) is 25.9 Å². The molecule has 5 aromatic carbocycles. The summed E-state index contributed by atoms with van der Waals surface area (Å²) in [6, 6.07) is 42.8. The average Bonchev–Trinajstić information content (AvgIpc) is 3.52. The minimum atomic E-state index is 0.262. The first-order valence-corrected chi connectivity index (χ1v) is 17.7. The SMILES string of the molecule is C=NC.Cc1cccc(/C(=C/Cc2ccc3c(c2)sc2ccccc23)N(F)CC2=CCC(C)C=C2)c1.N=C(c1ccccc1)c1ccccc1. The van der Waals surface area contributed by atoms with E-state index in [0.29, 0.717) is 23.7 Å². The van der Waals surface area contributed by atoms with E-state index in [-0.39, 0.29) is 6.54 Å². The number of hydrogen-bond donors (Lipinski definition) is 1. The minimum Gasteiger partial charge on any atom is -0.304 e. The Balaban J connectivity index is 0.000000237. The van der Waals surface area contributed by atoms with E-state index in [4.69, 9.17) is 5.41 Å². The van der Waals surface area contributed by atoms with Crippen LogP contribution in [0.4, 0.5) is 4.48 Å². The molecule has 1 atom stereocenters. The summed E-state index contributed by atoms with van der Waals surface area (Å²) < 4.78 is 18.1. The van der Waals surface area contributed by atoms with Crippen molar-refractivity contribution in [2.75, 3.05) is 13.6 Å². The van der Waals surface area contributed by atoms with Crippen LogP contribution >= 0.6 is 11.3 Å². The highest BCUT2D eigenvalue weighted by Crippen LogP contribution is 2.34. The molecule has 5 heteroatoms. The summed E-state index contributed by atoms with van der Waals surface area (Å²) in [6.07, 6.45) is 10.1. The number of fused-ring (bicyclic) bond motifs is 3. The van der Waals surface area contributed by atoms with Crippen molar-refractivity contribution in [3.63, 3.8) is 0 Å². The largest absolute Gasteiger partial charge is 0.304 e. The van der Waals surface area contributed by atoms with E-state index in [2.05, 4.69) is 85.4 Å². The lowest BCUT2D eigenvalue weighted by atomic mass is 9.98. The fourth-order valence-electron chi connectivity index (χ4n) is 5.78. The summed E-state index contributed by atoms with van der Waals surface area (Å²) >= 11 is 1.82. The summed E-state index contributed by atoms with van der Waals surface area (Å²) in [5.41, 5.74) is 7.38. The van der Waals surface area contributed by atoms with Crippen molar-refractivity contribution < 1.29 is 4.48 Å². The van der Waals surface area contributed by atoms with Gasteiger partial charge >= 0.3 is 0 Å². The summed E-state index contributed by atoms with van der Waals surface area (Å²) in [7, 11) is 1.64. The van der Waals surface area contributed by atoms with Gasteiger partial charge in [0.05, 0.1) is 18.0 Å². The lowest BCUT2D eigenvalue weighted by Crippen LogP contribution is -2.16. The fraction of sp³-hybridized carbons (Fsp3) is 0.156. The van der Waals surface area contributed by atoms with Crippen LogP contribution in [0.5, 0.6) is 0 Å². The van der Waals surface area contributed by atoms with Gasteiger partial charge in [-0.15, -0.1) is 11.3 Å². The number of aliphatic imine (C=N–C) groups is 1. The van der Waals surface area contributed by atoms with Crippen LogP contribution in [0.3, 0.4) is 0 Å². The van der Waals surface area contributed by atoms with E-state index in [9.17, 15) is 0 Å². The normalized spacial score (nSPS) is 13.8. The second-order valence-corrected chi connectivity index (χ2v) is 13.5. The van der Waals surface area contributed by atoms with Gasteiger partial charge in [0.2, 0.25) is 0 Å². The molecule has 0 saturated carbocycles. The summed E-state index contributed by atoms with van der Waals surface area (Å²) in [4.78, 5) is 3.25. The molecular formula is C45H44FN3S. The van der Waals surface area contributed by atoms with E-state index in [0.717, 1.165) is 39.4 Å². The summed E-state index contributed by atoms with van der Waals surface area (Å²) in [6.45, 7) is 7.60. The van der Waals surface area contributed by atoms with Gasteiger partial charge in [-0.3, -0.25) is 5.41 Å². The van der Waals surface area contributed by atoms with Crippen molar-refractivity contribution in [1.29, 1.82) is 5.41 Å². The Kier molecular flexibility index (Phi) is 12.8. The smallest absolute Gasteiger partial charge is 0.0753 e. The third-order valence-corrected chi connectivity index (χ3v) is 9.52. The molecule has 1 heterocycles. The number of thiophene rings is 1. The second-order valence-electron chi connectivity index (χ2n) is 12.4. The highest BCUT2D eigenvalue weighted by molar-refractivity contribution is 7.25. The maximum atomic E-state index is 15.6. The predicted molar refractivity (Wildman–Crippen MR) is 215 cm³/mol. The van der Waals surface area contributed by atoms with Crippen LogP contribution in [-0.2, 0) is 6.42 Å². The van der Waals surface area contributed by atoms with Gasteiger partial charge in [0.15, 0.2) is 0 Å². The first kappa shape index (κ1) is 35.9. The van der Waals surface area contributed by atoms with E-state index in [1.165, 1.54) is 25.7 Å².